The van der Waals surface area contributed by atoms with E-state index in [1.54, 1.807) is 17.5 Å². The Morgan fingerprint density at radius 2 is 2.78 bits per heavy atom. The smallest absolute Gasteiger partial charge is 0.150 e. The van der Waals surface area contributed by atoms with Crippen LogP contribution >= 0.6 is 23.1 Å². The summed E-state index contributed by atoms with van der Waals surface area (Å²) in [6.45, 7) is 0. The second-order valence-corrected chi connectivity index (χ2v) is 3.44. The van der Waals surface area contributed by atoms with Crippen LogP contribution in [0.2, 0.25) is 0 Å². The summed E-state index contributed by atoms with van der Waals surface area (Å²) in [5.41, 5.74) is 0. The molecule has 0 aliphatic carbocycles. The fourth-order valence-electron chi connectivity index (χ4n) is 0.387. The summed E-state index contributed by atoms with van der Waals surface area (Å²) in [7, 11) is 0. The number of rotatable bonds is 3. The highest BCUT2D eigenvalue weighted by molar-refractivity contribution is 8.01. The number of hydrogen-bond acceptors (Lipinski definition) is 4. The zero-order chi connectivity index (χ0) is 6.53. The van der Waals surface area contributed by atoms with Gasteiger partial charge in [0.1, 0.15) is 10.6 Å². The van der Waals surface area contributed by atoms with E-state index < -0.39 is 0 Å². The molecule has 0 atom stereocenters. The molecule has 0 aliphatic heterocycles. The molecule has 0 bridgehead atoms. The van der Waals surface area contributed by atoms with Crippen LogP contribution in [0.1, 0.15) is 0 Å². The standard InChI is InChI=1S/C5H5NOS2/c7-2-4-9-5-6-1-3-8-5/h1-3H,4H2. The van der Waals surface area contributed by atoms with Gasteiger partial charge in [-0.1, -0.05) is 11.8 Å². The Morgan fingerprint density at radius 3 is 3.33 bits per heavy atom. The molecule has 0 N–H and O–H groups in total. The highest BCUT2D eigenvalue weighted by Crippen LogP contribution is 2.18. The number of carbonyl (C=O) groups excluding carboxylic acids is 1. The van der Waals surface area contributed by atoms with Gasteiger partial charge in [0.15, 0.2) is 0 Å². The number of aromatic nitrogens is 1. The molecule has 4 heteroatoms. The molecule has 0 saturated carbocycles. The minimum atomic E-state index is 0.507. The van der Waals surface area contributed by atoms with Crippen LogP contribution in [-0.2, 0) is 4.79 Å². The molecule has 1 heterocycles. The van der Waals surface area contributed by atoms with E-state index in [4.69, 9.17) is 0 Å². The van der Waals surface area contributed by atoms with Gasteiger partial charge < -0.3 is 4.79 Å². The lowest BCUT2D eigenvalue weighted by Gasteiger charge is -1.83. The largest absolute Gasteiger partial charge is 0.302 e. The predicted octanol–water partition coefficient (Wildman–Crippen LogP) is 1.43. The van der Waals surface area contributed by atoms with E-state index in [-0.39, 0.29) is 0 Å². The van der Waals surface area contributed by atoms with Crippen molar-refractivity contribution in [3.8, 4) is 0 Å². The van der Waals surface area contributed by atoms with Gasteiger partial charge in [-0.3, -0.25) is 0 Å². The zero-order valence-electron chi connectivity index (χ0n) is 4.61. The molecule has 0 fully saturated rings. The monoisotopic (exact) mass is 159 g/mol. The number of hydrogen-bond donors (Lipinski definition) is 0. The summed E-state index contributed by atoms with van der Waals surface area (Å²) in [4.78, 5) is 13.8. The molecular formula is C5H5NOS2. The van der Waals surface area contributed by atoms with E-state index in [1.165, 1.54) is 11.8 Å². The minimum Gasteiger partial charge on any atom is -0.302 e. The Bertz CT molecular complexity index is 173. The molecular weight excluding hydrogens is 154 g/mol. The van der Waals surface area contributed by atoms with E-state index in [0.29, 0.717) is 5.75 Å². The van der Waals surface area contributed by atoms with E-state index in [9.17, 15) is 4.79 Å². The molecule has 48 valence electrons. The second-order valence-electron chi connectivity index (χ2n) is 1.28. The Morgan fingerprint density at radius 1 is 1.89 bits per heavy atom. The Balaban J connectivity index is 2.38. The second kappa shape index (κ2) is 3.63. The summed E-state index contributed by atoms with van der Waals surface area (Å²) in [6.07, 6.45) is 2.61. The van der Waals surface area contributed by atoms with Crippen LogP contribution in [0.15, 0.2) is 15.9 Å². The van der Waals surface area contributed by atoms with Crippen molar-refractivity contribution in [2.24, 2.45) is 0 Å². The van der Waals surface area contributed by atoms with Gasteiger partial charge >= 0.3 is 0 Å². The Labute approximate surface area is 61.3 Å². The minimum absolute atomic E-state index is 0.507. The van der Waals surface area contributed by atoms with E-state index in [2.05, 4.69) is 4.98 Å². The maximum absolute atomic E-state index is 9.86. The average molecular weight is 159 g/mol. The topological polar surface area (TPSA) is 30.0 Å². The Hall–Kier alpha value is -0.350. The van der Waals surface area contributed by atoms with Crippen molar-refractivity contribution < 1.29 is 4.79 Å². The first-order chi connectivity index (χ1) is 4.43. The lowest BCUT2D eigenvalue weighted by molar-refractivity contribution is -0.105. The maximum atomic E-state index is 9.86. The first-order valence-corrected chi connectivity index (χ1v) is 4.26. The normalized spacial score (nSPS) is 9.33. The number of nitrogens with zero attached hydrogens (tertiary/aromatic N) is 1. The third-order valence-corrected chi connectivity index (χ3v) is 2.55. The molecule has 0 aromatic carbocycles. The summed E-state index contributed by atoms with van der Waals surface area (Å²) < 4.78 is 0.960. The summed E-state index contributed by atoms with van der Waals surface area (Å²) in [5, 5.41) is 1.90. The van der Waals surface area contributed by atoms with Crippen LogP contribution in [-0.4, -0.2) is 17.0 Å². The zero-order valence-corrected chi connectivity index (χ0v) is 6.24. The molecule has 2 nitrogen and oxygen atoms in total. The third kappa shape index (κ3) is 2.15. The molecule has 9 heavy (non-hydrogen) atoms. The molecule has 0 radical (unpaired) electrons. The maximum Gasteiger partial charge on any atom is 0.150 e. The van der Waals surface area contributed by atoms with Gasteiger partial charge in [-0.05, 0) is 0 Å². The fraction of sp³-hybridized carbons (Fsp3) is 0.200. The van der Waals surface area contributed by atoms with Crippen LogP contribution in [0.3, 0.4) is 0 Å². The molecule has 0 aliphatic rings. The van der Waals surface area contributed by atoms with Gasteiger partial charge in [0, 0.05) is 11.6 Å². The van der Waals surface area contributed by atoms with Crippen molar-refractivity contribution in [3.05, 3.63) is 11.6 Å². The molecule has 1 aromatic heterocycles. The van der Waals surface area contributed by atoms with Crippen molar-refractivity contribution in [1.82, 2.24) is 4.98 Å². The molecule has 0 spiro atoms. The van der Waals surface area contributed by atoms with Crippen molar-refractivity contribution in [2.45, 2.75) is 4.34 Å². The van der Waals surface area contributed by atoms with Gasteiger partial charge in [-0.2, -0.15) is 0 Å². The van der Waals surface area contributed by atoms with Crippen LogP contribution in [0, 0.1) is 0 Å². The van der Waals surface area contributed by atoms with Gasteiger partial charge in [0.05, 0.1) is 5.75 Å². The highest BCUT2D eigenvalue weighted by Gasteiger charge is 1.92. The molecule has 1 aromatic rings. The van der Waals surface area contributed by atoms with Crippen molar-refractivity contribution in [1.29, 1.82) is 0 Å². The van der Waals surface area contributed by atoms with Crippen LogP contribution in [0.5, 0.6) is 0 Å². The molecule has 1 rings (SSSR count). The number of carbonyl (C=O) groups is 1. The molecule has 0 saturated heterocycles. The van der Waals surface area contributed by atoms with E-state index in [0.717, 1.165) is 10.6 Å². The first kappa shape index (κ1) is 6.77. The van der Waals surface area contributed by atoms with E-state index in [1.807, 2.05) is 5.38 Å². The average Bonchev–Trinajstić information content (AvgIpc) is 2.34. The van der Waals surface area contributed by atoms with Crippen LogP contribution < -0.4 is 0 Å². The fourth-order valence-corrected chi connectivity index (χ4v) is 1.74. The lowest BCUT2D eigenvalue weighted by Crippen LogP contribution is -1.75. The SMILES string of the molecule is O=CCSc1nccs1. The van der Waals surface area contributed by atoms with Gasteiger partial charge in [-0.25, -0.2) is 4.98 Å². The predicted molar refractivity (Wildman–Crippen MR) is 38.9 cm³/mol. The quantitative estimate of drug-likeness (QED) is 0.493. The molecule has 0 amide bonds. The summed E-state index contributed by atoms with van der Waals surface area (Å²) >= 11 is 3.02. The van der Waals surface area contributed by atoms with Crippen LogP contribution in [0.4, 0.5) is 0 Å². The third-order valence-electron chi connectivity index (χ3n) is 0.685. The van der Waals surface area contributed by atoms with Gasteiger partial charge in [0.2, 0.25) is 0 Å². The van der Waals surface area contributed by atoms with Gasteiger partial charge in [-0.15, -0.1) is 11.3 Å². The summed E-state index contributed by atoms with van der Waals surface area (Å²) in [6, 6.07) is 0. The lowest BCUT2D eigenvalue weighted by atomic mass is 10.9. The molecule has 0 unspecified atom stereocenters. The van der Waals surface area contributed by atoms with Crippen molar-refractivity contribution in [3.63, 3.8) is 0 Å². The van der Waals surface area contributed by atoms with Crippen molar-refractivity contribution >= 4 is 29.4 Å². The Kier molecular flexibility index (Phi) is 2.73. The number of aldehydes is 1. The van der Waals surface area contributed by atoms with Gasteiger partial charge in [0.25, 0.3) is 0 Å². The van der Waals surface area contributed by atoms with E-state index >= 15 is 0 Å². The highest BCUT2D eigenvalue weighted by atomic mass is 32.2. The number of thiazole rings is 1. The summed E-state index contributed by atoms with van der Waals surface area (Å²) in [5.74, 6) is 0.507. The van der Waals surface area contributed by atoms with Crippen LogP contribution in [0.25, 0.3) is 0 Å². The first-order valence-electron chi connectivity index (χ1n) is 2.39. The number of thioether (sulfide) groups is 1. The van der Waals surface area contributed by atoms with Crippen molar-refractivity contribution in [2.75, 3.05) is 5.75 Å².